The van der Waals surface area contributed by atoms with Gasteiger partial charge in [0.05, 0.1) is 21.8 Å². The van der Waals surface area contributed by atoms with Crippen LogP contribution in [0.3, 0.4) is 0 Å². The number of carbonyl (C=O) groups is 1. The number of aromatic nitrogens is 3. The molecule has 142 valence electrons. The number of fused-ring (bicyclic) bond motifs is 2. The lowest BCUT2D eigenvalue weighted by Crippen LogP contribution is -2.38. The van der Waals surface area contributed by atoms with Crippen molar-refractivity contribution in [2.24, 2.45) is 0 Å². The molecule has 3 aromatic rings. The van der Waals surface area contributed by atoms with E-state index in [0.717, 1.165) is 36.8 Å². The number of likely N-dealkylation sites (tertiary alicyclic amines) is 1. The van der Waals surface area contributed by atoms with Crippen molar-refractivity contribution < 1.29 is 4.79 Å². The van der Waals surface area contributed by atoms with Crippen LogP contribution >= 0.6 is 11.3 Å². The zero-order valence-corrected chi connectivity index (χ0v) is 16.5. The number of anilines is 1. The van der Waals surface area contributed by atoms with Gasteiger partial charge in [0.1, 0.15) is 5.69 Å². The first-order valence-electron chi connectivity index (χ1n) is 9.45. The number of aryl methyl sites for hydroxylation is 1. The van der Waals surface area contributed by atoms with Gasteiger partial charge in [-0.15, -0.1) is 11.3 Å². The molecule has 5 heterocycles. The lowest BCUT2D eigenvalue weighted by Gasteiger charge is -2.25. The van der Waals surface area contributed by atoms with Crippen molar-refractivity contribution in [3.05, 3.63) is 70.2 Å². The van der Waals surface area contributed by atoms with E-state index in [1.54, 1.807) is 6.20 Å². The number of nitrogens with zero attached hydrogens (tertiary/aromatic N) is 5. The van der Waals surface area contributed by atoms with Crippen molar-refractivity contribution in [2.45, 2.75) is 25.3 Å². The van der Waals surface area contributed by atoms with Gasteiger partial charge in [-0.05, 0) is 37.1 Å². The average molecular weight is 392 g/mol. The van der Waals surface area contributed by atoms with Gasteiger partial charge in [-0.2, -0.15) is 0 Å². The molecule has 2 aliphatic heterocycles. The fraction of sp³-hybridized carbons (Fsp3) is 0.333. The molecule has 0 aliphatic carbocycles. The zero-order valence-electron chi connectivity index (χ0n) is 15.7. The first-order chi connectivity index (χ1) is 13.6. The van der Waals surface area contributed by atoms with Crippen LogP contribution in [0.15, 0.2) is 48.2 Å². The first kappa shape index (κ1) is 17.3. The Morgan fingerprint density at radius 3 is 2.93 bits per heavy atom. The second kappa shape index (κ2) is 6.67. The fourth-order valence-corrected chi connectivity index (χ4v) is 5.02. The Morgan fingerprint density at radius 1 is 1.25 bits per heavy atom. The van der Waals surface area contributed by atoms with E-state index in [9.17, 15) is 4.79 Å². The number of carbonyl (C=O) groups excluding carboxylic acids is 1. The van der Waals surface area contributed by atoms with E-state index >= 15 is 0 Å². The number of rotatable bonds is 3. The van der Waals surface area contributed by atoms with Gasteiger partial charge in [-0.25, -0.2) is 4.98 Å². The molecule has 6 nitrogen and oxygen atoms in total. The van der Waals surface area contributed by atoms with Crippen molar-refractivity contribution in [3.8, 4) is 0 Å². The van der Waals surface area contributed by atoms with Crippen LogP contribution in [0.4, 0.5) is 5.69 Å². The van der Waals surface area contributed by atoms with Gasteiger partial charge in [-0.3, -0.25) is 14.8 Å². The van der Waals surface area contributed by atoms with Gasteiger partial charge in [0.15, 0.2) is 0 Å². The number of hydrogen-bond donors (Lipinski definition) is 0. The summed E-state index contributed by atoms with van der Waals surface area (Å²) in [5, 5.41) is 2.78. The average Bonchev–Trinajstić information content (AvgIpc) is 3.42. The normalized spacial score (nSPS) is 20.8. The number of amides is 1. The lowest BCUT2D eigenvalue weighted by atomic mass is 9.85. The molecule has 0 aromatic carbocycles. The summed E-state index contributed by atoms with van der Waals surface area (Å²) < 4.78 is 0. The molecule has 1 fully saturated rings. The molecule has 2 aliphatic rings. The summed E-state index contributed by atoms with van der Waals surface area (Å²) in [5.74, 6) is 0.0319. The zero-order chi connectivity index (χ0) is 19.1. The molecule has 28 heavy (non-hydrogen) atoms. The molecule has 5 rings (SSSR count). The van der Waals surface area contributed by atoms with Crippen molar-refractivity contribution in [2.75, 3.05) is 24.5 Å². The number of hydrogen-bond acceptors (Lipinski definition) is 6. The molecular formula is C21H21N5OS. The molecule has 0 bridgehead atoms. The minimum Gasteiger partial charge on any atom is -0.365 e. The third-order valence-electron chi connectivity index (χ3n) is 5.70. The van der Waals surface area contributed by atoms with E-state index in [-0.39, 0.29) is 11.3 Å². The number of thiazole rings is 1. The van der Waals surface area contributed by atoms with E-state index < -0.39 is 0 Å². The minimum absolute atomic E-state index is 0.0319. The standard InChI is InChI=1S/C21H21N5OS/c1-15-24-17(12-28-15)20(27)25-9-6-21(13-25)14-26(11-16-4-2-7-22-10-16)18-5-3-8-23-19(18)21/h2-5,7-8,10,12H,6,9,11,13-14H2,1H3/t21-/m1/s1. The Labute approximate surface area is 167 Å². The van der Waals surface area contributed by atoms with Crippen LogP contribution in [0.2, 0.25) is 0 Å². The second-order valence-corrected chi connectivity index (χ2v) is 8.66. The fourth-order valence-electron chi connectivity index (χ4n) is 4.43. The third kappa shape index (κ3) is 2.86. The van der Waals surface area contributed by atoms with E-state index in [1.807, 2.05) is 41.7 Å². The Balaban J connectivity index is 1.42. The summed E-state index contributed by atoms with van der Waals surface area (Å²) >= 11 is 1.52. The predicted octanol–water partition coefficient (Wildman–Crippen LogP) is 3.05. The van der Waals surface area contributed by atoms with Gasteiger partial charge < -0.3 is 9.80 Å². The number of pyridine rings is 2. The Morgan fingerprint density at radius 2 is 2.14 bits per heavy atom. The van der Waals surface area contributed by atoms with E-state index in [4.69, 9.17) is 4.98 Å². The largest absolute Gasteiger partial charge is 0.365 e. The van der Waals surface area contributed by atoms with Crippen LogP contribution in [0.5, 0.6) is 0 Å². The van der Waals surface area contributed by atoms with E-state index in [1.165, 1.54) is 22.6 Å². The highest BCUT2D eigenvalue weighted by atomic mass is 32.1. The SMILES string of the molecule is Cc1nc(C(=O)N2CC[C@@]3(C2)CN(Cc2cccnc2)c2cccnc23)cs1. The minimum atomic E-state index is -0.112. The van der Waals surface area contributed by atoms with Crippen LogP contribution in [0.25, 0.3) is 0 Å². The van der Waals surface area contributed by atoms with Gasteiger partial charge in [-0.1, -0.05) is 6.07 Å². The van der Waals surface area contributed by atoms with Crippen molar-refractivity contribution in [3.63, 3.8) is 0 Å². The molecule has 3 aromatic heterocycles. The maximum atomic E-state index is 12.9. The molecular weight excluding hydrogens is 370 g/mol. The molecule has 0 N–H and O–H groups in total. The summed E-state index contributed by atoms with van der Waals surface area (Å²) in [6.07, 6.45) is 6.50. The van der Waals surface area contributed by atoms with Crippen LogP contribution in [-0.4, -0.2) is 45.4 Å². The highest BCUT2D eigenvalue weighted by Crippen LogP contribution is 2.45. The van der Waals surface area contributed by atoms with Gasteiger partial charge in [0.2, 0.25) is 0 Å². The molecule has 1 spiro atoms. The van der Waals surface area contributed by atoms with Crippen molar-refractivity contribution in [1.29, 1.82) is 0 Å². The summed E-state index contributed by atoms with van der Waals surface area (Å²) in [6, 6.07) is 8.20. The third-order valence-corrected chi connectivity index (χ3v) is 6.47. The summed E-state index contributed by atoms with van der Waals surface area (Å²) in [4.78, 5) is 30.6. The molecule has 1 saturated heterocycles. The Kier molecular flexibility index (Phi) is 4.12. The first-order valence-corrected chi connectivity index (χ1v) is 10.3. The predicted molar refractivity (Wildman–Crippen MR) is 109 cm³/mol. The topological polar surface area (TPSA) is 62.2 Å². The van der Waals surface area contributed by atoms with Crippen molar-refractivity contribution >= 4 is 22.9 Å². The second-order valence-electron chi connectivity index (χ2n) is 7.60. The monoisotopic (exact) mass is 391 g/mol. The molecule has 0 radical (unpaired) electrons. The quantitative estimate of drug-likeness (QED) is 0.687. The molecule has 7 heteroatoms. The van der Waals surface area contributed by atoms with Crippen LogP contribution in [-0.2, 0) is 12.0 Å². The highest BCUT2D eigenvalue weighted by molar-refractivity contribution is 7.09. The van der Waals surface area contributed by atoms with E-state index in [0.29, 0.717) is 12.2 Å². The summed E-state index contributed by atoms with van der Waals surface area (Å²) in [7, 11) is 0. The Hall–Kier alpha value is -2.80. The maximum Gasteiger partial charge on any atom is 0.273 e. The molecule has 0 saturated carbocycles. The summed E-state index contributed by atoms with van der Waals surface area (Å²) in [5.41, 5.74) is 3.91. The Bertz CT molecular complexity index is 1020. The van der Waals surface area contributed by atoms with Gasteiger partial charge in [0, 0.05) is 50.1 Å². The van der Waals surface area contributed by atoms with Crippen LogP contribution in [0.1, 0.15) is 33.2 Å². The van der Waals surface area contributed by atoms with Gasteiger partial charge in [0.25, 0.3) is 5.91 Å². The van der Waals surface area contributed by atoms with E-state index in [2.05, 4.69) is 27.0 Å². The van der Waals surface area contributed by atoms with Crippen LogP contribution in [0, 0.1) is 6.92 Å². The lowest BCUT2D eigenvalue weighted by molar-refractivity contribution is 0.0779. The van der Waals surface area contributed by atoms with Crippen molar-refractivity contribution in [1.82, 2.24) is 19.9 Å². The van der Waals surface area contributed by atoms with Gasteiger partial charge >= 0.3 is 0 Å². The molecule has 1 amide bonds. The summed E-state index contributed by atoms with van der Waals surface area (Å²) in [6.45, 7) is 5.03. The maximum absolute atomic E-state index is 12.9. The highest BCUT2D eigenvalue weighted by Gasteiger charge is 2.49. The van der Waals surface area contributed by atoms with Crippen LogP contribution < -0.4 is 4.90 Å². The molecule has 1 atom stereocenters. The smallest absolute Gasteiger partial charge is 0.273 e. The molecule has 0 unspecified atom stereocenters.